The van der Waals surface area contributed by atoms with E-state index in [2.05, 4.69) is 87.2 Å². The van der Waals surface area contributed by atoms with Crippen LogP contribution >= 0.6 is 34.4 Å². The molecule has 0 aliphatic rings. The first kappa shape index (κ1) is 19.0. The summed E-state index contributed by atoms with van der Waals surface area (Å²) < 4.78 is 0.841. The summed E-state index contributed by atoms with van der Waals surface area (Å²) in [5.74, 6) is 0. The smallest absolute Gasteiger partial charge is 0.116 e. The molecule has 0 bridgehead atoms. The number of nitrogens with zero attached hydrogens (tertiary/aromatic N) is 2. The molecule has 3 nitrogen and oxygen atoms in total. The van der Waals surface area contributed by atoms with Gasteiger partial charge in [-0.05, 0) is 33.4 Å². The number of nitrogens with two attached hydrogens (primary N) is 1. The van der Waals surface area contributed by atoms with Crippen molar-refractivity contribution in [1.29, 1.82) is 0 Å². The summed E-state index contributed by atoms with van der Waals surface area (Å²) >= 11 is 3.87. The van der Waals surface area contributed by atoms with E-state index in [1.807, 2.05) is 24.7 Å². The van der Waals surface area contributed by atoms with Crippen LogP contribution in [0.1, 0.15) is 0 Å². The molecule has 28 heavy (non-hydrogen) atoms. The summed E-state index contributed by atoms with van der Waals surface area (Å²) in [6.07, 6.45) is 7.24. The van der Waals surface area contributed by atoms with Crippen molar-refractivity contribution < 1.29 is 0 Å². The summed E-state index contributed by atoms with van der Waals surface area (Å²) in [7, 11) is 0. The second kappa shape index (κ2) is 8.75. The van der Waals surface area contributed by atoms with Gasteiger partial charge < -0.3 is 5.73 Å². The van der Waals surface area contributed by atoms with Gasteiger partial charge in [-0.1, -0.05) is 89.0 Å². The molecule has 2 N–H and O–H groups in total. The summed E-state index contributed by atoms with van der Waals surface area (Å²) in [6, 6.07) is 21.1. The van der Waals surface area contributed by atoms with Crippen LogP contribution in [0.25, 0.3) is 32.7 Å². The van der Waals surface area contributed by atoms with E-state index >= 15 is 0 Å². The van der Waals surface area contributed by atoms with Crippen LogP contribution in [0, 0.1) is 0 Å². The number of pyridine rings is 1. The van der Waals surface area contributed by atoms with Gasteiger partial charge in [0.25, 0.3) is 0 Å². The lowest BCUT2D eigenvalue weighted by Gasteiger charge is -2.16. The molecule has 3 aromatic carbocycles. The van der Waals surface area contributed by atoms with Gasteiger partial charge in [0.05, 0.1) is 0 Å². The van der Waals surface area contributed by atoms with Gasteiger partial charge in [0.2, 0.25) is 0 Å². The Kier molecular flexibility index (Phi) is 5.92. The van der Waals surface area contributed by atoms with Crippen LogP contribution < -0.4 is 5.73 Å². The van der Waals surface area contributed by atoms with Gasteiger partial charge in [0.15, 0.2) is 0 Å². The Labute approximate surface area is 181 Å². The quantitative estimate of drug-likeness (QED) is 0.114. The summed E-state index contributed by atoms with van der Waals surface area (Å²) in [6.45, 7) is 0. The van der Waals surface area contributed by atoms with Gasteiger partial charge in [-0.25, -0.2) is 0 Å². The van der Waals surface area contributed by atoms with E-state index in [0.29, 0.717) is 0 Å². The Bertz CT molecular complexity index is 1130. The van der Waals surface area contributed by atoms with Gasteiger partial charge in [-0.2, -0.15) is 0 Å². The van der Waals surface area contributed by atoms with E-state index in [0.717, 1.165) is 25.1 Å². The minimum absolute atomic E-state index is 0.785. The third kappa shape index (κ3) is 3.64. The van der Waals surface area contributed by atoms with Crippen molar-refractivity contribution in [2.75, 3.05) is 4.43 Å². The van der Waals surface area contributed by atoms with Crippen molar-refractivity contribution in [2.24, 2.45) is 10.7 Å². The minimum atomic E-state index is 0.785. The molecular weight excluding hydrogens is 477 g/mol. The average molecular weight is 495 g/mol. The summed E-state index contributed by atoms with van der Waals surface area (Å²) in [5, 5.41) is 5.46. The van der Waals surface area contributed by atoms with E-state index in [9.17, 15) is 0 Å². The molecule has 4 rings (SSSR count). The van der Waals surface area contributed by atoms with Gasteiger partial charge in [0, 0.05) is 39.5 Å². The fourth-order valence-electron chi connectivity index (χ4n) is 3.34. The van der Waals surface area contributed by atoms with Crippen LogP contribution in [0.15, 0.2) is 94.2 Å². The van der Waals surface area contributed by atoms with Crippen LogP contribution in [0.4, 0.5) is 0 Å². The number of fused-ring (bicyclic) bond motifs is 2. The van der Waals surface area contributed by atoms with E-state index < -0.39 is 0 Å². The SMILES string of the molecule is N/C=C(\N=C/CI)Sc1c2ccccc2c(-c2ccccc2)c2cnccc12. The molecule has 138 valence electrons. The van der Waals surface area contributed by atoms with Crippen LogP contribution in [0.2, 0.25) is 0 Å². The molecule has 0 spiro atoms. The van der Waals surface area contributed by atoms with Crippen molar-refractivity contribution in [1.82, 2.24) is 4.98 Å². The minimum Gasteiger partial charge on any atom is -0.402 e. The maximum absolute atomic E-state index is 5.86. The Morgan fingerprint density at radius 1 is 0.964 bits per heavy atom. The van der Waals surface area contributed by atoms with Crippen molar-refractivity contribution in [2.45, 2.75) is 4.90 Å². The Balaban J connectivity index is 2.05. The molecule has 0 aliphatic carbocycles. The van der Waals surface area contributed by atoms with Crippen molar-refractivity contribution >= 4 is 62.1 Å². The van der Waals surface area contributed by atoms with E-state index in [1.54, 1.807) is 18.0 Å². The lowest BCUT2D eigenvalue weighted by atomic mass is 9.93. The predicted molar refractivity (Wildman–Crippen MR) is 130 cm³/mol. The van der Waals surface area contributed by atoms with Crippen molar-refractivity contribution in [3.05, 3.63) is 84.3 Å². The molecular formula is C23H18IN3S. The molecule has 0 amide bonds. The molecule has 0 unspecified atom stereocenters. The number of benzene rings is 3. The number of halogens is 1. The second-order valence-electron chi connectivity index (χ2n) is 6.11. The molecule has 0 aliphatic heterocycles. The zero-order valence-electron chi connectivity index (χ0n) is 15.0. The first-order valence-corrected chi connectivity index (χ1v) is 11.2. The first-order valence-electron chi connectivity index (χ1n) is 8.85. The topological polar surface area (TPSA) is 51.3 Å². The molecule has 1 aromatic heterocycles. The Hall–Kier alpha value is -2.38. The standard InChI is InChI=1S/C23H18IN3S/c24-11-13-27-21(14-25)28-23-18-9-5-4-8-17(18)22(16-6-2-1-3-7-16)20-15-26-12-10-19(20)23/h1-10,12-15H,11,25H2/b21-14+,27-13-. The second-order valence-corrected chi connectivity index (χ2v) is 8.02. The number of aromatic nitrogens is 1. The maximum atomic E-state index is 5.86. The Morgan fingerprint density at radius 3 is 2.43 bits per heavy atom. The maximum Gasteiger partial charge on any atom is 0.116 e. The molecule has 0 saturated heterocycles. The number of hydrogen-bond donors (Lipinski definition) is 1. The molecule has 1 heterocycles. The third-order valence-electron chi connectivity index (χ3n) is 4.48. The number of rotatable bonds is 5. The highest BCUT2D eigenvalue weighted by molar-refractivity contribution is 14.1. The lowest BCUT2D eigenvalue weighted by molar-refractivity contribution is 1.36. The normalized spacial score (nSPS) is 12.2. The van der Waals surface area contributed by atoms with E-state index in [-0.39, 0.29) is 0 Å². The predicted octanol–water partition coefficient (Wildman–Crippen LogP) is 6.41. The molecule has 0 saturated carbocycles. The summed E-state index contributed by atoms with van der Waals surface area (Å²) in [5.41, 5.74) is 8.25. The van der Waals surface area contributed by atoms with E-state index in [1.165, 1.54) is 21.9 Å². The molecule has 0 atom stereocenters. The van der Waals surface area contributed by atoms with Crippen LogP contribution in [0.3, 0.4) is 0 Å². The third-order valence-corrected chi connectivity index (χ3v) is 5.96. The zero-order valence-corrected chi connectivity index (χ0v) is 18.0. The molecule has 5 heteroatoms. The van der Waals surface area contributed by atoms with Gasteiger partial charge in [-0.3, -0.25) is 9.98 Å². The lowest BCUT2D eigenvalue weighted by Crippen LogP contribution is -1.91. The van der Waals surface area contributed by atoms with Gasteiger partial charge >= 0.3 is 0 Å². The highest BCUT2D eigenvalue weighted by Crippen LogP contribution is 2.44. The number of aliphatic imine (C=N–C) groups is 1. The van der Waals surface area contributed by atoms with Crippen LogP contribution in [-0.2, 0) is 0 Å². The van der Waals surface area contributed by atoms with Gasteiger partial charge in [0.1, 0.15) is 5.03 Å². The zero-order chi connectivity index (χ0) is 19.3. The van der Waals surface area contributed by atoms with Crippen molar-refractivity contribution in [3.63, 3.8) is 0 Å². The fraction of sp³-hybridized carbons (Fsp3) is 0.0435. The molecule has 4 aromatic rings. The number of hydrogen-bond acceptors (Lipinski definition) is 4. The highest BCUT2D eigenvalue weighted by atomic mass is 127. The average Bonchev–Trinajstić information content (AvgIpc) is 2.76. The van der Waals surface area contributed by atoms with E-state index in [4.69, 9.17) is 5.73 Å². The first-order chi connectivity index (χ1) is 13.8. The van der Waals surface area contributed by atoms with Crippen molar-refractivity contribution in [3.8, 4) is 11.1 Å². The molecule has 0 radical (unpaired) electrons. The van der Waals surface area contributed by atoms with Crippen LogP contribution in [-0.4, -0.2) is 15.6 Å². The molecule has 0 fully saturated rings. The highest BCUT2D eigenvalue weighted by Gasteiger charge is 2.16. The Morgan fingerprint density at radius 2 is 1.68 bits per heavy atom. The monoisotopic (exact) mass is 495 g/mol. The number of alkyl halides is 1. The largest absolute Gasteiger partial charge is 0.402 e. The fourth-order valence-corrected chi connectivity index (χ4v) is 4.52. The van der Waals surface area contributed by atoms with Crippen LogP contribution in [0.5, 0.6) is 0 Å². The summed E-state index contributed by atoms with van der Waals surface area (Å²) in [4.78, 5) is 10.1. The van der Waals surface area contributed by atoms with Gasteiger partial charge in [-0.15, -0.1) is 0 Å². The number of thioether (sulfide) groups is 1.